The van der Waals surface area contributed by atoms with Gasteiger partial charge in [0.1, 0.15) is 5.65 Å². The molecule has 3 aromatic heterocycles. The summed E-state index contributed by atoms with van der Waals surface area (Å²) in [6.45, 7) is 5.62. The van der Waals surface area contributed by atoms with Crippen LogP contribution < -0.4 is 5.56 Å². The van der Waals surface area contributed by atoms with Gasteiger partial charge in [-0.3, -0.25) is 19.0 Å². The molecule has 0 aliphatic carbocycles. The first kappa shape index (κ1) is 20.4. The molecule has 1 aromatic carbocycles. The number of hydrogen-bond donors (Lipinski definition) is 0. The Balaban J connectivity index is 1.19. The molecule has 1 saturated heterocycles. The van der Waals surface area contributed by atoms with E-state index in [1.54, 1.807) is 16.7 Å². The molecule has 5 nitrogen and oxygen atoms in total. The zero-order chi connectivity index (χ0) is 21.2. The summed E-state index contributed by atoms with van der Waals surface area (Å²) in [5.41, 5.74) is 2.62. The zero-order valence-corrected chi connectivity index (χ0v) is 18.6. The normalized spacial score (nSPS) is 15.5. The second kappa shape index (κ2) is 8.93. The maximum absolute atomic E-state index is 12.3. The second-order valence-electron chi connectivity index (χ2n) is 7.81. The van der Waals surface area contributed by atoms with Crippen LogP contribution in [0.4, 0.5) is 0 Å². The molecule has 0 bridgehead atoms. The molecule has 4 heterocycles. The summed E-state index contributed by atoms with van der Waals surface area (Å²) in [6, 6.07) is 19.7. The van der Waals surface area contributed by atoms with Crippen LogP contribution >= 0.6 is 22.9 Å². The number of fused-ring (bicyclic) bond motifs is 1. The molecule has 0 amide bonds. The first-order chi connectivity index (χ1) is 15.2. The summed E-state index contributed by atoms with van der Waals surface area (Å²) < 4.78 is 1.58. The van der Waals surface area contributed by atoms with Gasteiger partial charge in [-0.25, -0.2) is 4.98 Å². The number of halogens is 1. The number of hydrogen-bond acceptors (Lipinski definition) is 5. The van der Waals surface area contributed by atoms with Crippen LogP contribution in [0.2, 0.25) is 5.02 Å². The summed E-state index contributed by atoms with van der Waals surface area (Å²) in [7, 11) is 0. The third kappa shape index (κ3) is 4.57. The number of benzene rings is 1. The van der Waals surface area contributed by atoms with Crippen LogP contribution in [0.5, 0.6) is 0 Å². The van der Waals surface area contributed by atoms with E-state index in [9.17, 15) is 4.79 Å². The Hall–Kier alpha value is -2.51. The lowest BCUT2D eigenvalue weighted by Crippen LogP contribution is -2.45. The highest BCUT2D eigenvalue weighted by Gasteiger charge is 2.19. The van der Waals surface area contributed by atoms with Crippen molar-refractivity contribution in [2.75, 3.05) is 26.2 Å². The highest BCUT2D eigenvalue weighted by atomic mass is 35.5. The van der Waals surface area contributed by atoms with E-state index >= 15 is 0 Å². The van der Waals surface area contributed by atoms with Crippen molar-refractivity contribution in [2.24, 2.45) is 0 Å². The third-order valence-corrected chi connectivity index (χ3v) is 7.09. The lowest BCUT2D eigenvalue weighted by atomic mass is 10.2. The first-order valence-electron chi connectivity index (χ1n) is 10.4. The fourth-order valence-electron chi connectivity index (χ4n) is 4.01. The van der Waals surface area contributed by atoms with Gasteiger partial charge in [0.2, 0.25) is 0 Å². The van der Waals surface area contributed by atoms with E-state index in [1.807, 2.05) is 47.7 Å². The first-order valence-corrected chi connectivity index (χ1v) is 11.6. The smallest absolute Gasteiger partial charge is 0.258 e. The molecule has 7 heteroatoms. The van der Waals surface area contributed by atoms with Gasteiger partial charge in [-0.15, -0.1) is 11.3 Å². The maximum Gasteiger partial charge on any atom is 0.258 e. The Bertz CT molecular complexity index is 1260. The van der Waals surface area contributed by atoms with Crippen molar-refractivity contribution in [3.05, 3.63) is 92.8 Å². The predicted molar refractivity (Wildman–Crippen MR) is 127 cm³/mol. The third-order valence-electron chi connectivity index (χ3n) is 5.65. The molecule has 0 atom stereocenters. The molecule has 1 aliphatic heterocycles. The number of rotatable bonds is 5. The quantitative estimate of drug-likeness (QED) is 0.452. The Morgan fingerprint density at radius 1 is 0.903 bits per heavy atom. The van der Waals surface area contributed by atoms with Crippen LogP contribution in [0.15, 0.2) is 71.7 Å². The van der Waals surface area contributed by atoms with Crippen LogP contribution in [0.1, 0.15) is 10.6 Å². The number of aromatic nitrogens is 2. The van der Waals surface area contributed by atoms with E-state index in [4.69, 9.17) is 11.6 Å². The van der Waals surface area contributed by atoms with Crippen molar-refractivity contribution in [1.82, 2.24) is 19.2 Å². The van der Waals surface area contributed by atoms with E-state index < -0.39 is 0 Å². The highest BCUT2D eigenvalue weighted by Crippen LogP contribution is 2.33. The average Bonchev–Trinajstić information content (AvgIpc) is 3.24. The molecule has 1 aliphatic rings. The van der Waals surface area contributed by atoms with Crippen molar-refractivity contribution in [3.8, 4) is 10.4 Å². The monoisotopic (exact) mass is 450 g/mol. The van der Waals surface area contributed by atoms with Crippen LogP contribution in [0.25, 0.3) is 16.1 Å². The Morgan fingerprint density at radius 3 is 2.45 bits per heavy atom. The molecule has 0 radical (unpaired) electrons. The minimum Gasteiger partial charge on any atom is -0.296 e. The van der Waals surface area contributed by atoms with Crippen LogP contribution in [-0.4, -0.2) is 45.4 Å². The summed E-state index contributed by atoms with van der Waals surface area (Å²) in [6.07, 6.45) is 1.76. The molecule has 5 rings (SSSR count). The molecule has 0 unspecified atom stereocenters. The fourth-order valence-corrected chi connectivity index (χ4v) is 5.39. The summed E-state index contributed by atoms with van der Waals surface area (Å²) >= 11 is 8.16. The summed E-state index contributed by atoms with van der Waals surface area (Å²) in [5, 5.41) is 0.798. The number of thiophene rings is 1. The number of piperazine rings is 1. The van der Waals surface area contributed by atoms with Crippen molar-refractivity contribution >= 4 is 28.6 Å². The van der Waals surface area contributed by atoms with Crippen molar-refractivity contribution in [3.63, 3.8) is 0 Å². The van der Waals surface area contributed by atoms with Crippen molar-refractivity contribution in [1.29, 1.82) is 0 Å². The second-order valence-corrected chi connectivity index (χ2v) is 9.39. The predicted octanol–water partition coefficient (Wildman–Crippen LogP) is 4.39. The fraction of sp³-hybridized carbons (Fsp3) is 0.250. The molecule has 0 saturated carbocycles. The molecule has 4 aromatic rings. The Kier molecular flexibility index (Phi) is 5.87. The van der Waals surface area contributed by atoms with Crippen LogP contribution in [0, 0.1) is 0 Å². The van der Waals surface area contributed by atoms with Gasteiger partial charge in [0, 0.05) is 71.9 Å². The number of pyridine rings is 1. The van der Waals surface area contributed by atoms with E-state index in [0.717, 1.165) is 49.0 Å². The van der Waals surface area contributed by atoms with Gasteiger partial charge in [0.15, 0.2) is 0 Å². The molecule has 0 spiro atoms. The largest absolute Gasteiger partial charge is 0.296 e. The average molecular weight is 451 g/mol. The van der Waals surface area contributed by atoms with Crippen LogP contribution in [0.3, 0.4) is 0 Å². The zero-order valence-electron chi connectivity index (χ0n) is 17.1. The van der Waals surface area contributed by atoms with Crippen LogP contribution in [-0.2, 0) is 13.1 Å². The van der Waals surface area contributed by atoms with Gasteiger partial charge in [-0.2, -0.15) is 0 Å². The van der Waals surface area contributed by atoms with Gasteiger partial charge in [-0.05, 0) is 30.3 Å². The molecule has 158 valence electrons. The molecule has 31 heavy (non-hydrogen) atoms. The Morgan fingerprint density at radius 2 is 1.65 bits per heavy atom. The minimum atomic E-state index is -0.0220. The van der Waals surface area contributed by atoms with Gasteiger partial charge in [0.25, 0.3) is 5.56 Å². The van der Waals surface area contributed by atoms with E-state index in [2.05, 4.69) is 33.0 Å². The van der Waals surface area contributed by atoms with E-state index in [1.165, 1.54) is 9.75 Å². The molecular formula is C24H23ClN4OS. The number of nitrogens with zero attached hydrogens (tertiary/aromatic N) is 4. The van der Waals surface area contributed by atoms with Crippen molar-refractivity contribution < 1.29 is 0 Å². The van der Waals surface area contributed by atoms with Crippen molar-refractivity contribution in [2.45, 2.75) is 13.1 Å². The molecule has 1 fully saturated rings. The highest BCUT2D eigenvalue weighted by molar-refractivity contribution is 7.15. The standard InChI is InChI=1S/C24H23ClN4OS/c25-21-6-2-1-5-20(21)22-9-8-19(31-22)17-28-13-11-27(12-14-28)16-18-15-24(30)29-10-4-3-7-23(29)26-18/h1-10,15H,11-14,16-17H2. The lowest BCUT2D eigenvalue weighted by Gasteiger charge is -2.34. The maximum atomic E-state index is 12.3. The molecule has 0 N–H and O–H groups in total. The summed E-state index contributed by atoms with van der Waals surface area (Å²) in [5.74, 6) is 0. The Labute approximate surface area is 190 Å². The van der Waals surface area contributed by atoms with E-state index in [-0.39, 0.29) is 5.56 Å². The van der Waals surface area contributed by atoms with E-state index in [0.29, 0.717) is 12.2 Å². The SMILES string of the molecule is O=c1cc(CN2CCN(Cc3ccc(-c4ccccc4Cl)s3)CC2)nc2ccccn12. The lowest BCUT2D eigenvalue weighted by molar-refractivity contribution is 0.122. The topological polar surface area (TPSA) is 40.9 Å². The van der Waals surface area contributed by atoms with Gasteiger partial charge in [0.05, 0.1) is 5.69 Å². The van der Waals surface area contributed by atoms with Gasteiger partial charge in [-0.1, -0.05) is 35.9 Å². The van der Waals surface area contributed by atoms with Gasteiger partial charge < -0.3 is 0 Å². The minimum absolute atomic E-state index is 0.0220. The molecular weight excluding hydrogens is 428 g/mol. The van der Waals surface area contributed by atoms with Gasteiger partial charge >= 0.3 is 0 Å². The summed E-state index contributed by atoms with van der Waals surface area (Å²) in [4.78, 5) is 24.4.